The zero-order valence-electron chi connectivity index (χ0n) is 24.1. The van der Waals surface area contributed by atoms with E-state index in [1.54, 1.807) is 21.9 Å². The average molecular weight is 585 g/mol. The molecule has 6 rings (SSSR count). The molecule has 1 amide bonds. The molecule has 43 heavy (non-hydrogen) atoms. The van der Waals surface area contributed by atoms with Crippen LogP contribution in [0.25, 0.3) is 10.8 Å². The number of hydrogen-bond donors (Lipinski definition) is 2. The first-order chi connectivity index (χ1) is 20.9. The summed E-state index contributed by atoms with van der Waals surface area (Å²) in [5.74, 6) is -0.782. The molecule has 10 heteroatoms. The molecule has 224 valence electrons. The molecule has 10 nitrogen and oxygen atoms in total. The minimum atomic E-state index is -0.917. The van der Waals surface area contributed by atoms with Gasteiger partial charge < -0.3 is 29.2 Å². The van der Waals surface area contributed by atoms with Gasteiger partial charge in [0.25, 0.3) is 0 Å². The van der Waals surface area contributed by atoms with Crippen LogP contribution >= 0.6 is 0 Å². The highest BCUT2D eigenvalue weighted by atomic mass is 16.7. The van der Waals surface area contributed by atoms with Crippen LogP contribution in [0.2, 0.25) is 0 Å². The van der Waals surface area contributed by atoms with Gasteiger partial charge in [0.05, 0.1) is 24.3 Å². The highest BCUT2D eigenvalue weighted by molar-refractivity contribution is 5.94. The maximum atomic E-state index is 13.9. The molecule has 0 aliphatic carbocycles. The van der Waals surface area contributed by atoms with Crippen LogP contribution in [0.5, 0.6) is 17.4 Å². The zero-order chi connectivity index (χ0) is 29.9. The number of aromatic nitrogens is 2. The number of likely N-dealkylation sites (tertiary alicyclic amines) is 1. The summed E-state index contributed by atoms with van der Waals surface area (Å²) in [6.45, 7) is 3.61. The number of aliphatic carboxylic acids is 1. The van der Waals surface area contributed by atoms with Gasteiger partial charge in [0.1, 0.15) is 0 Å². The van der Waals surface area contributed by atoms with Crippen molar-refractivity contribution in [1.29, 1.82) is 0 Å². The number of amides is 1. The molecule has 0 spiro atoms. The molecule has 0 radical (unpaired) electrons. The van der Waals surface area contributed by atoms with Gasteiger partial charge in [-0.05, 0) is 48.7 Å². The molecule has 2 N–H and O–H groups in total. The Labute approximate surface area is 250 Å². The van der Waals surface area contributed by atoms with Crippen molar-refractivity contribution in [2.75, 3.05) is 31.3 Å². The Morgan fingerprint density at radius 1 is 1.09 bits per heavy atom. The van der Waals surface area contributed by atoms with Gasteiger partial charge >= 0.3 is 5.97 Å². The molecule has 3 atom stereocenters. The first-order valence-corrected chi connectivity index (χ1v) is 14.8. The third-order valence-electron chi connectivity index (χ3n) is 8.62. The number of carbonyl (C=O) groups is 2. The van der Waals surface area contributed by atoms with Crippen LogP contribution in [0.3, 0.4) is 0 Å². The van der Waals surface area contributed by atoms with Gasteiger partial charge in [0.2, 0.25) is 12.7 Å². The van der Waals surface area contributed by atoms with Gasteiger partial charge in [-0.2, -0.15) is 0 Å². The molecule has 2 aromatic heterocycles. The summed E-state index contributed by atoms with van der Waals surface area (Å²) in [7, 11) is 0. The molecule has 2 aromatic carbocycles. The Hall–Kier alpha value is -4.57. The monoisotopic (exact) mass is 584 g/mol. The fourth-order valence-corrected chi connectivity index (χ4v) is 6.46. The van der Waals surface area contributed by atoms with Crippen molar-refractivity contribution in [2.24, 2.45) is 5.92 Å². The standard InChI is InChI=1S/C33H36N4O6/c1-2-3-14-37(24-8-6-13-34-17-24)30(38)20-36-19-26(22-10-11-28-29(16-22)43-21-42-28)31(33(40)41)27(36)12-15-35-18-23-7-4-5-9-25(23)32(35)39/h4-11,13,16-18,26-27,31,39H,2-3,12,14-15,19-21H2,1H3,(H,40,41)/t26-,27+,31-/m1/s1. The predicted molar refractivity (Wildman–Crippen MR) is 162 cm³/mol. The van der Waals surface area contributed by atoms with E-state index in [1.165, 1.54) is 0 Å². The molecule has 2 aliphatic heterocycles. The molecular formula is C33H36N4O6. The largest absolute Gasteiger partial charge is 0.494 e. The Morgan fingerprint density at radius 3 is 2.70 bits per heavy atom. The predicted octanol–water partition coefficient (Wildman–Crippen LogP) is 4.86. The summed E-state index contributed by atoms with van der Waals surface area (Å²) >= 11 is 0. The second-order valence-electron chi connectivity index (χ2n) is 11.2. The molecule has 1 saturated heterocycles. The van der Waals surface area contributed by atoms with Crippen molar-refractivity contribution in [2.45, 2.75) is 44.7 Å². The second-order valence-corrected chi connectivity index (χ2v) is 11.2. The van der Waals surface area contributed by atoms with E-state index >= 15 is 0 Å². The highest BCUT2D eigenvalue weighted by Gasteiger charge is 2.47. The number of benzene rings is 2. The highest BCUT2D eigenvalue weighted by Crippen LogP contribution is 2.43. The number of unbranched alkanes of at least 4 members (excludes halogenated alkanes) is 1. The number of carboxylic acid groups (broad SMARTS) is 1. The molecular weight excluding hydrogens is 548 g/mol. The van der Waals surface area contributed by atoms with Crippen molar-refractivity contribution in [3.05, 3.63) is 78.8 Å². The molecule has 4 heterocycles. The lowest BCUT2D eigenvalue weighted by atomic mass is 9.84. The van der Waals surface area contributed by atoms with Crippen molar-refractivity contribution in [1.82, 2.24) is 14.5 Å². The Bertz CT molecular complexity index is 1610. The number of aromatic hydroxyl groups is 1. The van der Waals surface area contributed by atoms with Crippen LogP contribution < -0.4 is 14.4 Å². The Balaban J connectivity index is 1.31. The molecule has 4 aromatic rings. The Morgan fingerprint density at radius 2 is 1.93 bits per heavy atom. The van der Waals surface area contributed by atoms with Gasteiger partial charge in [0.15, 0.2) is 17.4 Å². The van der Waals surface area contributed by atoms with Crippen LogP contribution in [0.4, 0.5) is 5.69 Å². The summed E-state index contributed by atoms with van der Waals surface area (Å²) < 4.78 is 12.8. The van der Waals surface area contributed by atoms with Gasteiger partial charge in [-0.15, -0.1) is 0 Å². The maximum Gasteiger partial charge on any atom is 0.308 e. The van der Waals surface area contributed by atoms with Gasteiger partial charge in [-0.1, -0.05) is 37.6 Å². The van der Waals surface area contributed by atoms with Crippen molar-refractivity contribution >= 4 is 28.3 Å². The minimum Gasteiger partial charge on any atom is -0.494 e. The molecule has 0 saturated carbocycles. The minimum absolute atomic E-state index is 0.0632. The fourth-order valence-electron chi connectivity index (χ4n) is 6.46. The van der Waals surface area contributed by atoms with Gasteiger partial charge in [-0.25, -0.2) is 0 Å². The van der Waals surface area contributed by atoms with E-state index in [1.807, 2.05) is 65.7 Å². The summed E-state index contributed by atoms with van der Waals surface area (Å²) in [4.78, 5) is 34.8. The van der Waals surface area contributed by atoms with Crippen molar-refractivity contribution in [3.63, 3.8) is 0 Å². The van der Waals surface area contributed by atoms with Crippen molar-refractivity contribution < 1.29 is 29.3 Å². The normalized spacial score (nSPS) is 19.6. The van der Waals surface area contributed by atoms with Crippen LogP contribution in [0.15, 0.2) is 73.2 Å². The van der Waals surface area contributed by atoms with Crippen LogP contribution in [-0.2, 0) is 16.1 Å². The SMILES string of the molecule is CCCCN(C(=O)CN1C[C@H](c2ccc3c(c2)OCO3)[C@@H](C(=O)O)[C@@H]1CCn1cc2ccccc2c1O)c1cccnc1. The van der Waals surface area contributed by atoms with Gasteiger partial charge in [-0.3, -0.25) is 19.5 Å². The third kappa shape index (κ3) is 5.75. The number of pyridine rings is 1. The first-order valence-electron chi connectivity index (χ1n) is 14.8. The lowest BCUT2D eigenvalue weighted by molar-refractivity contribution is -0.143. The molecule has 0 bridgehead atoms. The number of carbonyl (C=O) groups excluding carboxylic acids is 1. The number of aryl methyl sites for hydroxylation is 1. The third-order valence-corrected chi connectivity index (χ3v) is 8.62. The van der Waals surface area contributed by atoms with Crippen LogP contribution in [0, 0.1) is 5.92 Å². The van der Waals surface area contributed by atoms with E-state index in [0.717, 1.165) is 34.9 Å². The number of rotatable bonds is 11. The molecule has 2 aliphatic rings. The summed E-state index contributed by atoms with van der Waals surface area (Å²) in [5, 5.41) is 23.1. The van der Waals surface area contributed by atoms with Crippen LogP contribution in [0.1, 0.15) is 37.7 Å². The van der Waals surface area contributed by atoms with E-state index in [2.05, 4.69) is 11.9 Å². The lowest BCUT2D eigenvalue weighted by Gasteiger charge is -2.30. The summed E-state index contributed by atoms with van der Waals surface area (Å²) in [6.07, 6.45) is 7.44. The van der Waals surface area contributed by atoms with E-state index in [4.69, 9.17) is 9.47 Å². The number of nitrogens with zero attached hydrogens (tertiary/aromatic N) is 4. The van der Waals surface area contributed by atoms with Crippen molar-refractivity contribution in [3.8, 4) is 17.4 Å². The number of hydrogen-bond acceptors (Lipinski definition) is 7. The first kappa shape index (κ1) is 28.5. The van der Waals surface area contributed by atoms with E-state index < -0.39 is 17.9 Å². The average Bonchev–Trinajstić information content (AvgIpc) is 3.72. The van der Waals surface area contributed by atoms with E-state index in [-0.39, 0.29) is 31.0 Å². The smallest absolute Gasteiger partial charge is 0.308 e. The lowest BCUT2D eigenvalue weighted by Crippen LogP contribution is -2.45. The fraction of sp³-hybridized carbons (Fsp3) is 0.364. The quantitative estimate of drug-likeness (QED) is 0.257. The topological polar surface area (TPSA) is 117 Å². The number of carboxylic acids is 1. The van der Waals surface area contributed by atoms with Crippen LogP contribution in [-0.4, -0.2) is 69.0 Å². The van der Waals surface area contributed by atoms with E-state index in [9.17, 15) is 19.8 Å². The summed E-state index contributed by atoms with van der Waals surface area (Å²) in [6, 6.07) is 16.4. The molecule has 0 unspecified atom stereocenters. The number of anilines is 1. The van der Waals surface area contributed by atoms with Gasteiger partial charge in [0, 0.05) is 54.8 Å². The Kier molecular flexibility index (Phi) is 8.20. The van der Waals surface area contributed by atoms with E-state index in [0.29, 0.717) is 37.6 Å². The summed E-state index contributed by atoms with van der Waals surface area (Å²) in [5.41, 5.74) is 1.56. The number of ether oxygens (including phenoxy) is 2. The second kappa shape index (κ2) is 12.3. The number of fused-ring (bicyclic) bond motifs is 2. The zero-order valence-corrected chi connectivity index (χ0v) is 24.1. The molecule has 1 fully saturated rings. The maximum absolute atomic E-state index is 13.9.